The third-order valence-electron chi connectivity index (χ3n) is 7.49. The van der Waals surface area contributed by atoms with E-state index >= 15 is 0 Å². The van der Waals surface area contributed by atoms with Crippen LogP contribution in [-0.4, -0.2) is 73.7 Å². The maximum Gasteiger partial charge on any atom is 0.255 e. The number of hydrogen-bond donors (Lipinski definition) is 1. The van der Waals surface area contributed by atoms with Gasteiger partial charge in [0.25, 0.3) is 5.91 Å². The summed E-state index contributed by atoms with van der Waals surface area (Å²) >= 11 is 0. The smallest absolute Gasteiger partial charge is 0.255 e. The van der Waals surface area contributed by atoms with E-state index in [1.165, 1.54) is 17.7 Å². The molecular weight excluding hydrogens is 452 g/mol. The van der Waals surface area contributed by atoms with E-state index in [1.54, 1.807) is 11.9 Å². The summed E-state index contributed by atoms with van der Waals surface area (Å²) in [6.45, 7) is 5.94. The van der Waals surface area contributed by atoms with Crippen LogP contribution in [0, 0.1) is 0 Å². The fraction of sp³-hybridized carbons (Fsp3) is 0.483. The van der Waals surface area contributed by atoms with Crippen LogP contribution in [0.1, 0.15) is 53.6 Å². The molecule has 0 aliphatic carbocycles. The quantitative estimate of drug-likeness (QED) is 0.365. The van der Waals surface area contributed by atoms with Crippen molar-refractivity contribution in [2.24, 2.45) is 0 Å². The highest BCUT2D eigenvalue weighted by Gasteiger charge is 2.36. The summed E-state index contributed by atoms with van der Waals surface area (Å²) in [7, 11) is 1.57. The average Bonchev–Trinajstić information content (AvgIpc) is 3.26. The number of fused-ring (bicyclic) bond motifs is 1. The second kappa shape index (κ2) is 12.7. The van der Waals surface area contributed by atoms with E-state index in [0.29, 0.717) is 18.5 Å². The molecule has 4 rings (SSSR count). The number of anilines is 1. The van der Waals surface area contributed by atoms with Gasteiger partial charge in [0.2, 0.25) is 5.91 Å². The number of aldehydes is 1. The molecule has 192 valence electrons. The summed E-state index contributed by atoms with van der Waals surface area (Å²) in [6.07, 6.45) is 5.75. The van der Waals surface area contributed by atoms with Crippen molar-refractivity contribution in [1.82, 2.24) is 15.1 Å². The van der Waals surface area contributed by atoms with E-state index in [0.717, 1.165) is 63.8 Å². The number of nitrogens with one attached hydrogen (secondary N) is 1. The number of piperazine rings is 1. The first-order valence-corrected chi connectivity index (χ1v) is 13.2. The van der Waals surface area contributed by atoms with Gasteiger partial charge in [-0.1, -0.05) is 36.8 Å². The van der Waals surface area contributed by atoms with Gasteiger partial charge in [-0.2, -0.15) is 0 Å². The number of amides is 2. The van der Waals surface area contributed by atoms with Crippen molar-refractivity contribution in [2.75, 3.05) is 44.7 Å². The van der Waals surface area contributed by atoms with Gasteiger partial charge in [0, 0.05) is 57.4 Å². The maximum atomic E-state index is 13.1. The molecule has 1 atom stereocenters. The summed E-state index contributed by atoms with van der Waals surface area (Å²) in [5.41, 5.74) is 4.25. The number of unbranched alkanes of at least 4 members (excludes halogenated alkanes) is 2. The van der Waals surface area contributed by atoms with Gasteiger partial charge < -0.3 is 19.9 Å². The fourth-order valence-electron chi connectivity index (χ4n) is 5.42. The van der Waals surface area contributed by atoms with E-state index in [-0.39, 0.29) is 18.2 Å². The first kappa shape index (κ1) is 25.9. The van der Waals surface area contributed by atoms with Crippen LogP contribution in [0.2, 0.25) is 0 Å². The zero-order valence-electron chi connectivity index (χ0n) is 21.3. The minimum atomic E-state index is -0.615. The molecule has 1 N–H and O–H groups in total. The predicted octanol–water partition coefficient (Wildman–Crippen LogP) is 3.27. The number of hydrogen-bond acceptors (Lipinski definition) is 5. The van der Waals surface area contributed by atoms with E-state index < -0.39 is 6.04 Å². The van der Waals surface area contributed by atoms with Crippen LogP contribution in [-0.2, 0) is 22.6 Å². The lowest BCUT2D eigenvalue weighted by Crippen LogP contribution is -2.46. The second-order valence-electron chi connectivity index (χ2n) is 9.73. The van der Waals surface area contributed by atoms with E-state index in [4.69, 9.17) is 0 Å². The van der Waals surface area contributed by atoms with Gasteiger partial charge in [0.05, 0.1) is 0 Å². The van der Waals surface area contributed by atoms with Crippen LogP contribution in [0.15, 0.2) is 48.5 Å². The molecule has 1 fully saturated rings. The number of para-hydroxylation sites is 1. The van der Waals surface area contributed by atoms with E-state index in [9.17, 15) is 14.4 Å². The van der Waals surface area contributed by atoms with Gasteiger partial charge in [0.1, 0.15) is 12.3 Å². The Hall–Kier alpha value is -3.19. The molecule has 0 radical (unpaired) electrons. The molecule has 1 saturated heterocycles. The minimum Gasteiger partial charge on any atom is -0.369 e. The van der Waals surface area contributed by atoms with Gasteiger partial charge in [-0.3, -0.25) is 14.5 Å². The van der Waals surface area contributed by atoms with Crippen molar-refractivity contribution in [1.29, 1.82) is 0 Å². The Morgan fingerprint density at radius 2 is 1.78 bits per heavy atom. The van der Waals surface area contributed by atoms with Gasteiger partial charge in [-0.05, 0) is 61.6 Å². The van der Waals surface area contributed by atoms with Crippen molar-refractivity contribution >= 4 is 23.8 Å². The highest BCUT2D eigenvalue weighted by molar-refractivity contribution is 6.01. The molecule has 2 heterocycles. The molecule has 36 heavy (non-hydrogen) atoms. The van der Waals surface area contributed by atoms with Crippen LogP contribution in [0.4, 0.5) is 5.69 Å². The molecule has 2 aromatic rings. The molecule has 0 spiro atoms. The molecule has 7 heteroatoms. The number of rotatable bonds is 12. The number of likely N-dealkylation sites (N-methyl/N-ethyl adjacent to an activating group) is 1. The molecule has 2 aliphatic rings. The molecule has 2 aliphatic heterocycles. The van der Waals surface area contributed by atoms with Crippen molar-refractivity contribution in [3.63, 3.8) is 0 Å². The lowest BCUT2D eigenvalue weighted by atomic mass is 9.98. The lowest BCUT2D eigenvalue weighted by molar-refractivity contribution is -0.125. The van der Waals surface area contributed by atoms with E-state index in [2.05, 4.69) is 51.5 Å². The van der Waals surface area contributed by atoms with Gasteiger partial charge in [0.15, 0.2) is 0 Å². The van der Waals surface area contributed by atoms with Crippen molar-refractivity contribution in [2.45, 2.75) is 51.1 Å². The fourth-order valence-corrected chi connectivity index (χ4v) is 5.42. The molecule has 2 aromatic carbocycles. The van der Waals surface area contributed by atoms with Crippen LogP contribution in [0.5, 0.6) is 0 Å². The van der Waals surface area contributed by atoms with Crippen molar-refractivity contribution in [3.05, 3.63) is 65.2 Å². The minimum absolute atomic E-state index is 0.110. The first-order chi connectivity index (χ1) is 17.6. The van der Waals surface area contributed by atoms with E-state index in [1.807, 2.05) is 12.1 Å². The summed E-state index contributed by atoms with van der Waals surface area (Å²) in [5.74, 6) is -0.329. The van der Waals surface area contributed by atoms with Crippen molar-refractivity contribution < 1.29 is 14.4 Å². The van der Waals surface area contributed by atoms with Gasteiger partial charge in [-0.15, -0.1) is 0 Å². The maximum absolute atomic E-state index is 13.1. The Bertz CT molecular complexity index is 1030. The summed E-state index contributed by atoms with van der Waals surface area (Å²) in [6, 6.07) is 15.9. The monoisotopic (exact) mass is 490 g/mol. The molecule has 0 bridgehead atoms. The molecule has 7 nitrogen and oxygen atoms in total. The number of aryl methyl sites for hydroxylation is 1. The summed E-state index contributed by atoms with van der Waals surface area (Å²) < 4.78 is 0. The summed E-state index contributed by atoms with van der Waals surface area (Å²) in [5, 5.41) is 2.64. The Morgan fingerprint density at radius 3 is 2.50 bits per heavy atom. The number of carbonyl (C=O) groups is 3. The van der Waals surface area contributed by atoms with Crippen LogP contribution in [0.3, 0.4) is 0 Å². The number of nitrogens with zero attached hydrogens (tertiary/aromatic N) is 3. The molecular formula is C29H38N4O3. The molecule has 1 unspecified atom stereocenters. The number of benzene rings is 2. The third kappa shape index (κ3) is 6.13. The van der Waals surface area contributed by atoms with Crippen LogP contribution >= 0.6 is 0 Å². The third-order valence-corrected chi connectivity index (χ3v) is 7.49. The SMILES string of the molecule is CNC(=O)C(CCC=O)N1Cc2c(CCCCCN3CCN(c4ccccc4)CC3)cccc2C1=O. The van der Waals surface area contributed by atoms with Crippen LogP contribution < -0.4 is 10.2 Å². The molecule has 0 saturated carbocycles. The van der Waals surface area contributed by atoms with Gasteiger partial charge >= 0.3 is 0 Å². The Kier molecular flexibility index (Phi) is 9.11. The molecule has 0 aromatic heterocycles. The zero-order chi connectivity index (χ0) is 25.3. The standard InChI is InChI=1S/C29H38N4O3/c1-30-28(35)27(15-9-21-34)33-22-26-23(11-8-14-25(26)29(33)36)10-4-3-7-16-31-17-19-32(20-18-31)24-12-5-2-6-13-24/h2,5-6,8,11-14,21,27H,3-4,7,9-10,15-20,22H2,1H3,(H,30,35). The Morgan fingerprint density at radius 1 is 1.00 bits per heavy atom. The second-order valence-corrected chi connectivity index (χ2v) is 9.73. The van der Waals surface area contributed by atoms with Crippen molar-refractivity contribution in [3.8, 4) is 0 Å². The largest absolute Gasteiger partial charge is 0.369 e. The van der Waals surface area contributed by atoms with Crippen LogP contribution in [0.25, 0.3) is 0 Å². The summed E-state index contributed by atoms with van der Waals surface area (Å²) in [4.78, 5) is 43.1. The Balaban J connectivity index is 1.24. The highest BCUT2D eigenvalue weighted by Crippen LogP contribution is 2.30. The topological polar surface area (TPSA) is 73.0 Å². The predicted molar refractivity (Wildman–Crippen MR) is 142 cm³/mol. The highest BCUT2D eigenvalue weighted by atomic mass is 16.2. The zero-order valence-corrected chi connectivity index (χ0v) is 21.3. The van der Waals surface area contributed by atoms with Gasteiger partial charge in [-0.25, -0.2) is 0 Å². The average molecular weight is 491 g/mol. The Labute approximate surface area is 214 Å². The lowest BCUT2D eigenvalue weighted by Gasteiger charge is -2.36. The number of carbonyl (C=O) groups excluding carboxylic acids is 3. The first-order valence-electron chi connectivity index (χ1n) is 13.2. The normalized spacial score (nSPS) is 16.6. The molecule has 2 amide bonds.